The number of hydrogen-bond donors (Lipinski definition) is 0. The summed E-state index contributed by atoms with van der Waals surface area (Å²) in [4.78, 5) is 17.6. The number of nitrogens with zero attached hydrogens (tertiary/aromatic N) is 3. The highest BCUT2D eigenvalue weighted by Gasteiger charge is 2.17. The van der Waals surface area contributed by atoms with E-state index in [0.717, 1.165) is 20.9 Å². The number of benzene rings is 2. The van der Waals surface area contributed by atoms with Gasteiger partial charge in [0.05, 0.1) is 15.1 Å². The Morgan fingerprint density at radius 2 is 1.81 bits per heavy atom. The molecule has 0 radical (unpaired) electrons. The molecule has 1 heterocycles. The first-order valence-corrected chi connectivity index (χ1v) is 10.7. The van der Waals surface area contributed by atoms with Crippen LogP contribution in [0.3, 0.4) is 0 Å². The molecule has 0 aliphatic heterocycles. The Bertz CT molecular complexity index is 1170. The number of hydrogen-bond acceptors (Lipinski definition) is 4. The van der Waals surface area contributed by atoms with Crippen LogP contribution in [-0.4, -0.2) is 37.3 Å². The van der Waals surface area contributed by atoms with Crippen molar-refractivity contribution >= 4 is 37.5 Å². The van der Waals surface area contributed by atoms with Gasteiger partial charge in [-0.3, -0.25) is 4.79 Å². The second-order valence-electron chi connectivity index (χ2n) is 6.29. The van der Waals surface area contributed by atoms with E-state index in [1.54, 1.807) is 0 Å². The molecule has 0 saturated heterocycles. The third-order valence-electron chi connectivity index (χ3n) is 4.36. The van der Waals surface area contributed by atoms with Crippen molar-refractivity contribution in [1.29, 1.82) is 0 Å². The summed E-state index contributed by atoms with van der Waals surface area (Å²) < 4.78 is 28.4. The van der Waals surface area contributed by atoms with Gasteiger partial charge < -0.3 is 4.57 Å². The van der Waals surface area contributed by atoms with E-state index >= 15 is 0 Å². The summed E-state index contributed by atoms with van der Waals surface area (Å²) in [5.41, 5.74) is 2.64. The number of rotatable bonds is 4. The molecule has 3 rings (SSSR count). The van der Waals surface area contributed by atoms with E-state index in [2.05, 4.69) is 18.0 Å². The van der Waals surface area contributed by atoms with Gasteiger partial charge in [-0.1, -0.05) is 30.4 Å². The topological polar surface area (TPSA) is 71.7 Å². The zero-order chi connectivity index (χ0) is 19.8. The van der Waals surface area contributed by atoms with E-state index in [-0.39, 0.29) is 4.90 Å². The fraction of sp³-hybridized carbons (Fsp3) is 0.263. The molecule has 0 atom stereocenters. The lowest BCUT2D eigenvalue weighted by atomic mass is 10.1. The quantitative estimate of drug-likeness (QED) is 0.672. The van der Waals surface area contributed by atoms with Gasteiger partial charge in [0.15, 0.2) is 4.80 Å². The van der Waals surface area contributed by atoms with Gasteiger partial charge in [-0.15, -0.1) is 0 Å². The molecular formula is C19H21N3O3S2. The van der Waals surface area contributed by atoms with Gasteiger partial charge in [0.1, 0.15) is 0 Å². The molecule has 1 aromatic heterocycles. The third-order valence-corrected chi connectivity index (χ3v) is 7.29. The van der Waals surface area contributed by atoms with Crippen molar-refractivity contribution in [2.24, 2.45) is 12.0 Å². The minimum absolute atomic E-state index is 0.143. The summed E-state index contributed by atoms with van der Waals surface area (Å²) in [7, 11) is 1.32. The molecule has 2 aromatic carbocycles. The minimum atomic E-state index is -3.52. The molecule has 142 valence electrons. The molecule has 0 unspecified atom stereocenters. The number of aryl methyl sites for hydroxylation is 2. The van der Waals surface area contributed by atoms with Crippen molar-refractivity contribution < 1.29 is 13.2 Å². The highest BCUT2D eigenvalue weighted by Crippen LogP contribution is 2.21. The lowest BCUT2D eigenvalue weighted by Gasteiger charge is -2.11. The number of carbonyl (C=O) groups is 1. The van der Waals surface area contributed by atoms with Crippen molar-refractivity contribution in [3.05, 3.63) is 58.4 Å². The molecule has 0 aliphatic carbocycles. The summed E-state index contributed by atoms with van der Waals surface area (Å²) in [6.07, 6.45) is 0.900. The maximum atomic E-state index is 12.6. The fourth-order valence-corrected chi connectivity index (χ4v) is 4.77. The van der Waals surface area contributed by atoms with Crippen LogP contribution in [0.1, 0.15) is 22.8 Å². The highest BCUT2D eigenvalue weighted by atomic mass is 32.2. The first-order chi connectivity index (χ1) is 12.8. The Hall–Kier alpha value is -2.29. The number of fused-ring (bicyclic) bond motifs is 1. The molecule has 27 heavy (non-hydrogen) atoms. The van der Waals surface area contributed by atoms with Crippen LogP contribution in [-0.2, 0) is 23.5 Å². The van der Waals surface area contributed by atoms with Gasteiger partial charge >= 0.3 is 0 Å². The van der Waals surface area contributed by atoms with Gasteiger partial charge in [-0.2, -0.15) is 4.99 Å². The second kappa shape index (κ2) is 7.38. The highest BCUT2D eigenvalue weighted by molar-refractivity contribution is 7.89. The van der Waals surface area contributed by atoms with E-state index in [4.69, 9.17) is 0 Å². The van der Waals surface area contributed by atoms with Gasteiger partial charge in [-0.05, 0) is 42.3 Å². The molecule has 3 aromatic rings. The van der Waals surface area contributed by atoms with E-state index < -0.39 is 15.9 Å². The first-order valence-electron chi connectivity index (χ1n) is 8.44. The smallest absolute Gasteiger partial charge is 0.279 e. The molecule has 0 bridgehead atoms. The normalized spacial score (nSPS) is 12.9. The van der Waals surface area contributed by atoms with Crippen molar-refractivity contribution in [2.75, 3.05) is 14.1 Å². The van der Waals surface area contributed by atoms with Crippen molar-refractivity contribution in [2.45, 2.75) is 18.2 Å². The summed E-state index contributed by atoms with van der Waals surface area (Å²) in [6.45, 7) is 2.09. The Morgan fingerprint density at radius 1 is 1.15 bits per heavy atom. The van der Waals surface area contributed by atoms with Gasteiger partial charge in [-0.25, -0.2) is 12.7 Å². The standard InChI is InChI=1S/C19H21N3O3S2/c1-5-13-7-6-8-16-17(13)22(4)19(26-16)20-18(23)14-9-11-15(12-10-14)27(24,25)21(2)3/h6-12H,5H2,1-4H3. The van der Waals surface area contributed by atoms with Crippen LogP contribution in [0, 0.1) is 0 Å². The number of aromatic nitrogens is 1. The summed E-state index contributed by atoms with van der Waals surface area (Å²) >= 11 is 1.46. The van der Waals surface area contributed by atoms with Crippen LogP contribution < -0.4 is 4.80 Å². The molecule has 8 heteroatoms. The zero-order valence-corrected chi connectivity index (χ0v) is 17.3. The monoisotopic (exact) mass is 403 g/mol. The van der Waals surface area contributed by atoms with Crippen LogP contribution in [0.5, 0.6) is 0 Å². The zero-order valence-electron chi connectivity index (χ0n) is 15.6. The molecule has 0 aliphatic rings. The average molecular weight is 404 g/mol. The van der Waals surface area contributed by atoms with E-state index in [1.165, 1.54) is 55.3 Å². The number of amides is 1. The largest absolute Gasteiger partial charge is 0.319 e. The van der Waals surface area contributed by atoms with Gasteiger partial charge in [0, 0.05) is 26.7 Å². The summed E-state index contributed by atoms with van der Waals surface area (Å²) in [5, 5.41) is 0. The lowest BCUT2D eigenvalue weighted by Crippen LogP contribution is -2.22. The summed E-state index contributed by atoms with van der Waals surface area (Å²) in [6, 6.07) is 11.9. The van der Waals surface area contributed by atoms with Crippen LogP contribution >= 0.6 is 11.3 Å². The average Bonchev–Trinajstić information content (AvgIpc) is 2.97. The van der Waals surface area contributed by atoms with Crippen LogP contribution in [0.4, 0.5) is 0 Å². The number of para-hydroxylation sites is 1. The fourth-order valence-electron chi connectivity index (χ4n) is 2.81. The van der Waals surface area contributed by atoms with E-state index in [1.807, 2.05) is 23.7 Å². The molecular weight excluding hydrogens is 382 g/mol. The van der Waals surface area contributed by atoms with Crippen molar-refractivity contribution in [1.82, 2.24) is 8.87 Å². The van der Waals surface area contributed by atoms with Crippen LogP contribution in [0.2, 0.25) is 0 Å². The van der Waals surface area contributed by atoms with Gasteiger partial charge in [0.2, 0.25) is 10.0 Å². The SMILES string of the molecule is CCc1cccc2sc(=NC(=O)c3ccc(S(=O)(=O)N(C)C)cc3)n(C)c12. The molecule has 0 saturated carbocycles. The Balaban J connectivity index is 2.00. The Kier molecular flexibility index (Phi) is 5.32. The van der Waals surface area contributed by atoms with Gasteiger partial charge in [0.25, 0.3) is 5.91 Å². The minimum Gasteiger partial charge on any atom is -0.319 e. The third kappa shape index (κ3) is 3.60. The predicted octanol–water partition coefficient (Wildman–Crippen LogP) is 2.79. The number of sulfonamides is 1. The maximum absolute atomic E-state index is 12.6. The van der Waals surface area contributed by atoms with Crippen LogP contribution in [0.25, 0.3) is 10.2 Å². The van der Waals surface area contributed by atoms with Crippen LogP contribution in [0.15, 0.2) is 52.4 Å². The molecule has 1 amide bonds. The molecule has 0 fully saturated rings. The maximum Gasteiger partial charge on any atom is 0.279 e. The number of carbonyl (C=O) groups excluding carboxylic acids is 1. The van der Waals surface area contributed by atoms with Crippen molar-refractivity contribution in [3.8, 4) is 0 Å². The Morgan fingerprint density at radius 3 is 2.41 bits per heavy atom. The summed E-state index contributed by atoms with van der Waals surface area (Å²) in [5.74, 6) is -0.399. The first kappa shape index (κ1) is 19.5. The van der Waals surface area contributed by atoms with Crippen molar-refractivity contribution in [3.63, 3.8) is 0 Å². The van der Waals surface area contributed by atoms with E-state index in [0.29, 0.717) is 10.4 Å². The molecule has 6 nitrogen and oxygen atoms in total. The Labute approximate surface area is 162 Å². The lowest BCUT2D eigenvalue weighted by molar-refractivity contribution is 0.0998. The predicted molar refractivity (Wildman–Crippen MR) is 107 cm³/mol. The van der Waals surface area contributed by atoms with E-state index in [9.17, 15) is 13.2 Å². The number of thiazole rings is 1. The molecule has 0 spiro atoms. The molecule has 0 N–H and O–H groups in total. The second-order valence-corrected chi connectivity index (χ2v) is 9.45.